The van der Waals surface area contributed by atoms with Crippen molar-refractivity contribution in [2.75, 3.05) is 31.1 Å². The van der Waals surface area contributed by atoms with Gasteiger partial charge in [-0.2, -0.15) is 0 Å². The van der Waals surface area contributed by atoms with E-state index in [9.17, 15) is 5.11 Å². The molecule has 4 nitrogen and oxygen atoms in total. The van der Waals surface area contributed by atoms with Crippen LogP contribution in [0.3, 0.4) is 0 Å². The molecule has 2 aliphatic rings. The minimum absolute atomic E-state index is 0.0469. The van der Waals surface area contributed by atoms with Crippen molar-refractivity contribution in [2.45, 2.75) is 37.8 Å². The maximum absolute atomic E-state index is 9.58. The van der Waals surface area contributed by atoms with Gasteiger partial charge in [-0.05, 0) is 37.8 Å². The Balaban J connectivity index is 1.52. The number of anilines is 1. The maximum atomic E-state index is 9.58. The Bertz CT molecular complexity index is 382. The molecule has 0 amide bonds. The molecule has 19 heavy (non-hydrogen) atoms. The third-order valence-corrected chi connectivity index (χ3v) is 4.52. The van der Waals surface area contributed by atoms with Gasteiger partial charge >= 0.3 is 0 Å². The summed E-state index contributed by atoms with van der Waals surface area (Å²) in [5, 5.41) is 9.58. The van der Waals surface area contributed by atoms with Gasteiger partial charge in [-0.15, -0.1) is 0 Å². The fourth-order valence-corrected chi connectivity index (χ4v) is 3.32. The lowest BCUT2D eigenvalue weighted by Gasteiger charge is -2.42. The number of hydrogen-bond acceptors (Lipinski definition) is 4. The molecule has 3 rings (SSSR count). The van der Waals surface area contributed by atoms with Crippen molar-refractivity contribution >= 4 is 5.69 Å². The molecule has 0 unspecified atom stereocenters. The van der Waals surface area contributed by atoms with Crippen molar-refractivity contribution in [1.29, 1.82) is 0 Å². The molecule has 2 fully saturated rings. The molecule has 1 N–H and O–H groups in total. The van der Waals surface area contributed by atoms with E-state index < -0.39 is 0 Å². The zero-order chi connectivity index (χ0) is 13.1. The predicted octanol–water partition coefficient (Wildman–Crippen LogP) is 1.51. The molecule has 1 aromatic rings. The van der Waals surface area contributed by atoms with E-state index in [4.69, 9.17) is 0 Å². The molecule has 0 aromatic carbocycles. The summed E-state index contributed by atoms with van der Waals surface area (Å²) >= 11 is 0. The lowest BCUT2D eigenvalue weighted by Crippen LogP contribution is -2.51. The Hall–Kier alpha value is -1.13. The number of nitrogens with zero attached hydrogens (tertiary/aromatic N) is 3. The van der Waals surface area contributed by atoms with E-state index in [0.29, 0.717) is 6.04 Å². The summed E-state index contributed by atoms with van der Waals surface area (Å²) < 4.78 is 0. The van der Waals surface area contributed by atoms with Gasteiger partial charge in [0.15, 0.2) is 0 Å². The Morgan fingerprint density at radius 2 is 1.58 bits per heavy atom. The first-order valence-corrected chi connectivity index (χ1v) is 7.40. The molecule has 104 valence electrons. The summed E-state index contributed by atoms with van der Waals surface area (Å²) in [7, 11) is 0. The van der Waals surface area contributed by atoms with E-state index in [1.54, 1.807) is 0 Å². The standard InChI is InChI=1S/C15H23N3O/c19-15-3-1-13(2-4-15)17-9-11-18(12-10-17)14-5-7-16-8-6-14/h5-8,13,15,19H,1-4,9-12H2. The summed E-state index contributed by atoms with van der Waals surface area (Å²) in [6.45, 7) is 4.48. The highest BCUT2D eigenvalue weighted by molar-refractivity contribution is 5.44. The number of aliphatic hydroxyl groups excluding tert-OH is 1. The number of aromatic nitrogens is 1. The SMILES string of the molecule is OC1CCC(N2CCN(c3ccncc3)CC2)CC1. The van der Waals surface area contributed by atoms with E-state index in [2.05, 4.69) is 26.9 Å². The maximum Gasteiger partial charge on any atom is 0.0541 e. The quantitative estimate of drug-likeness (QED) is 0.876. The van der Waals surface area contributed by atoms with Crippen LogP contribution in [0.2, 0.25) is 0 Å². The summed E-state index contributed by atoms with van der Waals surface area (Å²) in [6, 6.07) is 4.88. The zero-order valence-corrected chi connectivity index (χ0v) is 11.4. The smallest absolute Gasteiger partial charge is 0.0541 e. The van der Waals surface area contributed by atoms with Crippen molar-refractivity contribution < 1.29 is 5.11 Å². The van der Waals surface area contributed by atoms with Crippen molar-refractivity contribution in [3.05, 3.63) is 24.5 Å². The molecule has 1 saturated carbocycles. The highest BCUT2D eigenvalue weighted by Gasteiger charge is 2.27. The van der Waals surface area contributed by atoms with Crippen LogP contribution in [0.25, 0.3) is 0 Å². The van der Waals surface area contributed by atoms with Gasteiger partial charge in [0.05, 0.1) is 6.10 Å². The van der Waals surface area contributed by atoms with E-state index in [1.165, 1.54) is 5.69 Å². The minimum Gasteiger partial charge on any atom is -0.393 e. The van der Waals surface area contributed by atoms with Crippen LogP contribution in [0, 0.1) is 0 Å². The Morgan fingerprint density at radius 1 is 0.947 bits per heavy atom. The molecule has 1 aromatic heterocycles. The molecule has 1 aliphatic heterocycles. The van der Waals surface area contributed by atoms with Crippen LogP contribution in [0.5, 0.6) is 0 Å². The second-order valence-corrected chi connectivity index (χ2v) is 5.69. The molecule has 2 heterocycles. The topological polar surface area (TPSA) is 39.6 Å². The number of rotatable bonds is 2. The third-order valence-electron chi connectivity index (χ3n) is 4.52. The van der Waals surface area contributed by atoms with Gasteiger partial charge in [-0.3, -0.25) is 9.88 Å². The molecule has 1 aliphatic carbocycles. The highest BCUT2D eigenvalue weighted by atomic mass is 16.3. The molecular weight excluding hydrogens is 238 g/mol. The molecule has 0 bridgehead atoms. The van der Waals surface area contributed by atoms with Crippen LogP contribution < -0.4 is 4.90 Å². The second kappa shape index (κ2) is 5.88. The first-order valence-electron chi connectivity index (χ1n) is 7.40. The van der Waals surface area contributed by atoms with Crippen LogP contribution in [-0.2, 0) is 0 Å². The van der Waals surface area contributed by atoms with Crippen molar-refractivity contribution in [1.82, 2.24) is 9.88 Å². The highest BCUT2D eigenvalue weighted by Crippen LogP contribution is 2.25. The van der Waals surface area contributed by atoms with Crippen molar-refractivity contribution in [3.63, 3.8) is 0 Å². The Kier molecular flexibility index (Phi) is 3.99. The fraction of sp³-hybridized carbons (Fsp3) is 0.667. The van der Waals surface area contributed by atoms with Gasteiger partial charge < -0.3 is 10.0 Å². The predicted molar refractivity (Wildman–Crippen MR) is 76.3 cm³/mol. The summed E-state index contributed by atoms with van der Waals surface area (Å²) in [5.41, 5.74) is 1.29. The largest absolute Gasteiger partial charge is 0.393 e. The first kappa shape index (κ1) is 12.9. The van der Waals surface area contributed by atoms with Crippen LogP contribution >= 0.6 is 0 Å². The summed E-state index contributed by atoms with van der Waals surface area (Å²) in [6.07, 6.45) is 7.97. The zero-order valence-electron chi connectivity index (χ0n) is 11.4. The molecule has 1 saturated heterocycles. The van der Waals surface area contributed by atoms with E-state index >= 15 is 0 Å². The number of pyridine rings is 1. The monoisotopic (exact) mass is 261 g/mol. The van der Waals surface area contributed by atoms with Crippen molar-refractivity contribution in [3.8, 4) is 0 Å². The van der Waals surface area contributed by atoms with Gasteiger partial charge in [-0.25, -0.2) is 0 Å². The second-order valence-electron chi connectivity index (χ2n) is 5.69. The lowest BCUT2D eigenvalue weighted by molar-refractivity contribution is 0.0711. The van der Waals surface area contributed by atoms with Gasteiger partial charge in [0.2, 0.25) is 0 Å². The third kappa shape index (κ3) is 3.07. The van der Waals surface area contributed by atoms with Crippen LogP contribution in [-0.4, -0.2) is 53.3 Å². The van der Waals surface area contributed by atoms with Crippen LogP contribution in [0.15, 0.2) is 24.5 Å². The van der Waals surface area contributed by atoms with Crippen LogP contribution in [0.4, 0.5) is 5.69 Å². The van der Waals surface area contributed by atoms with Crippen molar-refractivity contribution in [2.24, 2.45) is 0 Å². The first-order chi connectivity index (χ1) is 9.33. The average molecular weight is 261 g/mol. The molecular formula is C15H23N3O. The van der Waals surface area contributed by atoms with E-state index in [-0.39, 0.29) is 6.10 Å². The number of aliphatic hydroxyl groups is 1. The summed E-state index contributed by atoms with van der Waals surface area (Å²) in [5.74, 6) is 0. The minimum atomic E-state index is -0.0469. The van der Waals surface area contributed by atoms with E-state index in [1.807, 2.05) is 12.4 Å². The molecule has 0 spiro atoms. The molecule has 0 radical (unpaired) electrons. The van der Waals surface area contributed by atoms with Crippen LogP contribution in [0.1, 0.15) is 25.7 Å². The van der Waals surface area contributed by atoms with Gasteiger partial charge in [0, 0.05) is 50.3 Å². The van der Waals surface area contributed by atoms with Gasteiger partial charge in [0.25, 0.3) is 0 Å². The van der Waals surface area contributed by atoms with E-state index in [0.717, 1.165) is 51.9 Å². The average Bonchev–Trinajstić information content (AvgIpc) is 2.49. The summed E-state index contributed by atoms with van der Waals surface area (Å²) in [4.78, 5) is 9.13. The Labute approximate surface area is 115 Å². The van der Waals surface area contributed by atoms with Gasteiger partial charge in [-0.1, -0.05) is 0 Å². The lowest BCUT2D eigenvalue weighted by atomic mass is 9.91. The van der Waals surface area contributed by atoms with Gasteiger partial charge in [0.1, 0.15) is 0 Å². The number of hydrogen-bond donors (Lipinski definition) is 1. The molecule has 4 heteroatoms. The number of piperazine rings is 1. The normalized spacial score (nSPS) is 29.4. The Morgan fingerprint density at radius 3 is 2.21 bits per heavy atom. The fourth-order valence-electron chi connectivity index (χ4n) is 3.32. The molecule has 0 atom stereocenters.